The minimum atomic E-state index is -3.57. The molecule has 124 valence electrons. The fourth-order valence-corrected chi connectivity index (χ4v) is 3.70. The van der Waals surface area contributed by atoms with E-state index in [1.807, 2.05) is 30.3 Å². The molecule has 0 radical (unpaired) electrons. The second-order valence-electron chi connectivity index (χ2n) is 5.14. The Balaban J connectivity index is 2.27. The minimum absolute atomic E-state index is 0.256. The summed E-state index contributed by atoms with van der Waals surface area (Å²) in [7, 11) is -2.03. The maximum Gasteiger partial charge on any atom is 0.243 e. The summed E-state index contributed by atoms with van der Waals surface area (Å²) in [6.45, 7) is 1.17. The van der Waals surface area contributed by atoms with Crippen molar-refractivity contribution in [3.63, 3.8) is 0 Å². The quantitative estimate of drug-likeness (QED) is 0.803. The average molecular weight is 334 g/mol. The first kappa shape index (κ1) is 17.5. The van der Waals surface area contributed by atoms with Gasteiger partial charge in [-0.1, -0.05) is 30.3 Å². The maximum absolute atomic E-state index is 12.9. The van der Waals surface area contributed by atoms with Crippen LogP contribution in [0.15, 0.2) is 59.5 Å². The van der Waals surface area contributed by atoms with Crippen LogP contribution in [0.5, 0.6) is 5.75 Å². The molecule has 0 heterocycles. The number of methoxy groups -OCH3 is 1. The highest BCUT2D eigenvalue weighted by molar-refractivity contribution is 7.89. The Kier molecular flexibility index (Phi) is 6.15. The molecule has 2 aromatic rings. The van der Waals surface area contributed by atoms with Crippen molar-refractivity contribution in [2.45, 2.75) is 17.9 Å². The Hall–Kier alpha value is -1.89. The molecule has 0 aliphatic carbocycles. The van der Waals surface area contributed by atoms with E-state index < -0.39 is 10.0 Å². The van der Waals surface area contributed by atoms with E-state index in [0.29, 0.717) is 31.8 Å². The zero-order valence-electron chi connectivity index (χ0n) is 13.2. The molecule has 5 nitrogen and oxygen atoms in total. The number of hydrogen-bond acceptors (Lipinski definition) is 4. The lowest BCUT2D eigenvalue weighted by Gasteiger charge is -2.22. The van der Waals surface area contributed by atoms with Gasteiger partial charge in [0.05, 0.1) is 12.0 Å². The van der Waals surface area contributed by atoms with Crippen molar-refractivity contribution in [2.24, 2.45) is 5.73 Å². The van der Waals surface area contributed by atoms with Gasteiger partial charge in [0.25, 0.3) is 0 Å². The zero-order chi connectivity index (χ0) is 16.7. The molecule has 0 atom stereocenters. The van der Waals surface area contributed by atoms with Gasteiger partial charge in [0.1, 0.15) is 5.75 Å². The lowest BCUT2D eigenvalue weighted by molar-refractivity contribution is 0.401. The molecule has 0 spiro atoms. The lowest BCUT2D eigenvalue weighted by atomic mass is 10.2. The van der Waals surface area contributed by atoms with Gasteiger partial charge in [0, 0.05) is 13.1 Å². The average Bonchev–Trinajstić information content (AvgIpc) is 2.59. The van der Waals surface area contributed by atoms with Gasteiger partial charge in [0.15, 0.2) is 0 Å². The Morgan fingerprint density at radius 1 is 1.04 bits per heavy atom. The first-order chi connectivity index (χ1) is 11.1. The summed E-state index contributed by atoms with van der Waals surface area (Å²) >= 11 is 0. The molecule has 23 heavy (non-hydrogen) atoms. The highest BCUT2D eigenvalue weighted by atomic mass is 32.2. The van der Waals surface area contributed by atoms with Crippen molar-refractivity contribution >= 4 is 10.0 Å². The van der Waals surface area contributed by atoms with Gasteiger partial charge in [0.2, 0.25) is 10.0 Å². The van der Waals surface area contributed by atoms with Crippen molar-refractivity contribution in [3.05, 3.63) is 60.2 Å². The van der Waals surface area contributed by atoms with E-state index in [1.165, 1.54) is 4.31 Å². The zero-order valence-corrected chi connectivity index (χ0v) is 14.0. The molecular formula is C17H22N2O3S. The number of sulfonamides is 1. The molecule has 0 amide bonds. The third-order valence-corrected chi connectivity index (χ3v) is 5.37. The Morgan fingerprint density at radius 2 is 1.70 bits per heavy atom. The first-order valence-corrected chi connectivity index (χ1v) is 8.90. The normalized spacial score (nSPS) is 11.6. The van der Waals surface area contributed by atoms with Crippen molar-refractivity contribution in [2.75, 3.05) is 20.2 Å². The number of hydrogen-bond donors (Lipinski definition) is 1. The van der Waals surface area contributed by atoms with Crippen LogP contribution in [0.1, 0.15) is 12.0 Å². The Bertz CT molecular complexity index is 700. The van der Waals surface area contributed by atoms with Crippen LogP contribution in [0.3, 0.4) is 0 Å². The van der Waals surface area contributed by atoms with Gasteiger partial charge in [-0.2, -0.15) is 4.31 Å². The Morgan fingerprint density at radius 3 is 2.26 bits per heavy atom. The summed E-state index contributed by atoms with van der Waals surface area (Å²) in [4.78, 5) is 0.256. The number of benzene rings is 2. The van der Waals surface area contributed by atoms with Gasteiger partial charge in [-0.25, -0.2) is 8.42 Å². The third-order valence-electron chi connectivity index (χ3n) is 3.51. The maximum atomic E-state index is 12.9. The van der Waals surface area contributed by atoms with Crippen LogP contribution in [0, 0.1) is 0 Å². The minimum Gasteiger partial charge on any atom is -0.497 e. The molecule has 0 unspecified atom stereocenters. The van der Waals surface area contributed by atoms with E-state index in [2.05, 4.69) is 0 Å². The van der Waals surface area contributed by atoms with Crippen LogP contribution < -0.4 is 10.5 Å². The molecule has 2 rings (SSSR count). The largest absolute Gasteiger partial charge is 0.497 e. The summed E-state index contributed by atoms with van der Waals surface area (Å²) in [6.07, 6.45) is 0.613. The Labute approximate surface area is 137 Å². The highest BCUT2D eigenvalue weighted by Crippen LogP contribution is 2.21. The fraction of sp³-hybridized carbons (Fsp3) is 0.294. The van der Waals surface area contributed by atoms with Crippen LogP contribution in [0.4, 0.5) is 0 Å². The van der Waals surface area contributed by atoms with Gasteiger partial charge in [-0.3, -0.25) is 0 Å². The summed E-state index contributed by atoms with van der Waals surface area (Å²) in [5.74, 6) is 0.625. The van der Waals surface area contributed by atoms with Gasteiger partial charge in [-0.05, 0) is 42.8 Å². The first-order valence-electron chi connectivity index (χ1n) is 7.46. The van der Waals surface area contributed by atoms with Crippen LogP contribution in [0.2, 0.25) is 0 Å². The van der Waals surface area contributed by atoms with Crippen LogP contribution >= 0.6 is 0 Å². The van der Waals surface area contributed by atoms with Crippen molar-refractivity contribution in [1.29, 1.82) is 0 Å². The van der Waals surface area contributed by atoms with E-state index in [9.17, 15) is 8.42 Å². The summed E-state index contributed by atoms with van der Waals surface area (Å²) < 4.78 is 32.3. The molecule has 0 saturated heterocycles. The number of nitrogens with zero attached hydrogens (tertiary/aromatic N) is 1. The van der Waals surface area contributed by atoms with Gasteiger partial charge >= 0.3 is 0 Å². The third kappa shape index (κ3) is 4.54. The second-order valence-corrected chi connectivity index (χ2v) is 7.08. The monoisotopic (exact) mass is 334 g/mol. The molecule has 2 N–H and O–H groups in total. The second kappa shape index (κ2) is 8.10. The molecule has 0 aliphatic rings. The van der Waals surface area contributed by atoms with Crippen molar-refractivity contribution < 1.29 is 13.2 Å². The predicted molar refractivity (Wildman–Crippen MR) is 90.7 cm³/mol. The van der Waals surface area contributed by atoms with Gasteiger partial charge < -0.3 is 10.5 Å². The topological polar surface area (TPSA) is 72.6 Å². The van der Waals surface area contributed by atoms with Crippen molar-refractivity contribution in [3.8, 4) is 5.75 Å². The molecule has 6 heteroatoms. The molecule has 2 aromatic carbocycles. The number of rotatable bonds is 8. The fourth-order valence-electron chi connectivity index (χ4n) is 2.24. The summed E-state index contributed by atoms with van der Waals surface area (Å²) in [5.41, 5.74) is 6.50. The molecule has 0 saturated carbocycles. The predicted octanol–water partition coefficient (Wildman–Crippen LogP) is 2.23. The standard InChI is InChI=1S/C17H22N2O3S/c1-22-16-8-10-17(11-9-16)23(20,21)19(13-5-12-18)14-15-6-3-2-4-7-15/h2-4,6-11H,5,12-14,18H2,1H3. The van der Waals surface area contributed by atoms with Crippen molar-refractivity contribution in [1.82, 2.24) is 4.31 Å². The molecule has 0 bridgehead atoms. The van der Waals surface area contributed by atoms with E-state index in [1.54, 1.807) is 31.4 Å². The smallest absolute Gasteiger partial charge is 0.243 e. The van der Waals surface area contributed by atoms with Crippen LogP contribution in [-0.4, -0.2) is 32.9 Å². The SMILES string of the molecule is COc1ccc(S(=O)(=O)N(CCCN)Cc2ccccc2)cc1. The summed E-state index contributed by atoms with van der Waals surface area (Å²) in [5, 5.41) is 0. The molecular weight excluding hydrogens is 312 g/mol. The van der Waals surface area contributed by atoms with Crippen LogP contribution in [0.25, 0.3) is 0 Å². The molecule has 0 fully saturated rings. The molecule has 0 aliphatic heterocycles. The van der Waals surface area contributed by atoms with E-state index >= 15 is 0 Å². The van der Waals surface area contributed by atoms with Gasteiger partial charge in [-0.15, -0.1) is 0 Å². The van der Waals surface area contributed by atoms with E-state index in [4.69, 9.17) is 10.5 Å². The highest BCUT2D eigenvalue weighted by Gasteiger charge is 2.24. The van der Waals surface area contributed by atoms with E-state index in [0.717, 1.165) is 5.56 Å². The summed E-state index contributed by atoms with van der Waals surface area (Å²) in [6, 6.07) is 16.0. The number of ether oxygens (including phenoxy) is 1. The van der Waals surface area contributed by atoms with Crippen LogP contribution in [-0.2, 0) is 16.6 Å². The molecule has 0 aromatic heterocycles. The van der Waals surface area contributed by atoms with E-state index in [-0.39, 0.29) is 4.90 Å². The number of nitrogens with two attached hydrogens (primary N) is 1. The lowest BCUT2D eigenvalue weighted by Crippen LogP contribution is -2.32.